The van der Waals surface area contributed by atoms with Crippen molar-refractivity contribution in [1.29, 1.82) is 0 Å². The Labute approximate surface area is 187 Å². The van der Waals surface area contributed by atoms with Gasteiger partial charge in [-0.25, -0.2) is 9.59 Å². The number of ether oxygens (including phenoxy) is 2. The highest BCUT2D eigenvalue weighted by atomic mass is 16.5. The Balaban J connectivity index is 1.65. The van der Waals surface area contributed by atoms with E-state index in [2.05, 4.69) is 4.74 Å². The van der Waals surface area contributed by atoms with E-state index in [9.17, 15) is 19.5 Å². The summed E-state index contributed by atoms with van der Waals surface area (Å²) in [5.41, 5.74) is 2.52. The van der Waals surface area contributed by atoms with Crippen molar-refractivity contribution in [2.24, 2.45) is 0 Å². The Morgan fingerprint density at radius 3 is 2.28 bits per heavy atom. The van der Waals surface area contributed by atoms with E-state index in [1.807, 2.05) is 6.08 Å². The highest BCUT2D eigenvalue weighted by molar-refractivity contribution is 5.96. The fraction of sp³-hybridized carbons (Fsp3) is 0.320. The van der Waals surface area contributed by atoms with E-state index >= 15 is 0 Å². The minimum Gasteiger partial charge on any atom is -0.489 e. The van der Waals surface area contributed by atoms with Gasteiger partial charge < -0.3 is 19.5 Å². The molecule has 1 atom stereocenters. The highest BCUT2D eigenvalue weighted by Crippen LogP contribution is 2.27. The number of methoxy groups -OCH3 is 1. The van der Waals surface area contributed by atoms with Crippen LogP contribution < -0.4 is 4.74 Å². The number of hydrogen-bond donors (Lipinski definition) is 1. The van der Waals surface area contributed by atoms with Gasteiger partial charge in [-0.05, 0) is 61.1 Å². The number of nitrogens with zero attached hydrogens (tertiary/aromatic N) is 1. The first-order chi connectivity index (χ1) is 15.4. The summed E-state index contributed by atoms with van der Waals surface area (Å²) in [6, 6.07) is 12.5. The van der Waals surface area contributed by atoms with Gasteiger partial charge in [0.1, 0.15) is 12.4 Å². The van der Waals surface area contributed by atoms with Gasteiger partial charge in [-0.3, -0.25) is 4.79 Å². The first kappa shape index (κ1) is 23.1. The first-order valence-electron chi connectivity index (χ1n) is 10.5. The second kappa shape index (κ2) is 10.6. The molecule has 0 bridgehead atoms. The van der Waals surface area contributed by atoms with Crippen LogP contribution in [-0.2, 0) is 20.9 Å². The second-order valence-corrected chi connectivity index (χ2v) is 7.68. The minimum atomic E-state index is -1.09. The molecule has 0 saturated carbocycles. The summed E-state index contributed by atoms with van der Waals surface area (Å²) in [6.07, 6.45) is 5.45. The number of allylic oxidation sites excluding steroid dienone is 1. The van der Waals surface area contributed by atoms with Crippen molar-refractivity contribution in [3.8, 4) is 5.75 Å². The van der Waals surface area contributed by atoms with Crippen molar-refractivity contribution in [3.05, 3.63) is 76.9 Å². The van der Waals surface area contributed by atoms with Crippen molar-refractivity contribution < 1.29 is 29.0 Å². The molecule has 0 fully saturated rings. The number of carboxylic acid groups (broad SMARTS) is 1. The molecule has 3 rings (SSSR count). The molecule has 2 aromatic rings. The number of hydrogen-bond acceptors (Lipinski definition) is 5. The quantitative estimate of drug-likeness (QED) is 0.624. The first-order valence-corrected chi connectivity index (χ1v) is 10.5. The van der Waals surface area contributed by atoms with E-state index in [0.717, 1.165) is 24.8 Å². The average molecular weight is 437 g/mol. The van der Waals surface area contributed by atoms with Crippen molar-refractivity contribution in [3.63, 3.8) is 0 Å². The van der Waals surface area contributed by atoms with Crippen LogP contribution in [0.3, 0.4) is 0 Å². The summed E-state index contributed by atoms with van der Waals surface area (Å²) < 4.78 is 10.4. The van der Waals surface area contributed by atoms with Crippen LogP contribution in [0.5, 0.6) is 5.75 Å². The molecule has 7 nitrogen and oxygen atoms in total. The second-order valence-electron chi connectivity index (χ2n) is 7.68. The van der Waals surface area contributed by atoms with E-state index in [-0.39, 0.29) is 12.5 Å². The molecule has 1 aliphatic rings. The van der Waals surface area contributed by atoms with Gasteiger partial charge in [0.25, 0.3) is 0 Å². The van der Waals surface area contributed by atoms with Gasteiger partial charge in [-0.1, -0.05) is 30.3 Å². The molecule has 32 heavy (non-hydrogen) atoms. The van der Waals surface area contributed by atoms with Crippen LogP contribution in [0, 0.1) is 0 Å². The number of likely N-dealkylation sites (N-methyl/N-ethyl adjacent to an activating group) is 1. The number of carboxylic acids is 1. The molecule has 0 radical (unpaired) electrons. The van der Waals surface area contributed by atoms with Crippen molar-refractivity contribution in [2.45, 2.75) is 38.3 Å². The Kier molecular flexibility index (Phi) is 7.65. The van der Waals surface area contributed by atoms with Gasteiger partial charge >= 0.3 is 11.9 Å². The fourth-order valence-corrected chi connectivity index (χ4v) is 3.68. The smallest absolute Gasteiger partial charge is 0.337 e. The van der Waals surface area contributed by atoms with E-state index < -0.39 is 18.0 Å². The van der Waals surface area contributed by atoms with E-state index in [0.29, 0.717) is 28.9 Å². The number of amides is 1. The predicted molar refractivity (Wildman–Crippen MR) is 118 cm³/mol. The topological polar surface area (TPSA) is 93.1 Å². The molecule has 2 aromatic carbocycles. The van der Waals surface area contributed by atoms with Gasteiger partial charge in [0.15, 0.2) is 6.04 Å². The van der Waals surface area contributed by atoms with Gasteiger partial charge in [-0.2, -0.15) is 0 Å². The number of benzene rings is 2. The van der Waals surface area contributed by atoms with Gasteiger partial charge in [0, 0.05) is 12.6 Å². The number of aliphatic carboxylic acids is 1. The van der Waals surface area contributed by atoms with Crippen LogP contribution in [0.4, 0.5) is 0 Å². The predicted octanol–water partition coefficient (Wildman–Crippen LogP) is 4.14. The lowest BCUT2D eigenvalue weighted by molar-refractivity contribution is -0.148. The fourth-order valence-electron chi connectivity index (χ4n) is 3.68. The zero-order chi connectivity index (χ0) is 23.1. The van der Waals surface area contributed by atoms with Gasteiger partial charge in [-0.15, -0.1) is 0 Å². The Bertz CT molecular complexity index is 994. The SMILES string of the molecule is COC(=O)c1ccc(COc2ccc([C@H](C(=O)O)N(C)C(=O)C3=CCCCC3)cc2)cc1. The summed E-state index contributed by atoms with van der Waals surface area (Å²) in [6.45, 7) is 0.287. The van der Waals surface area contributed by atoms with Crippen molar-refractivity contribution >= 4 is 17.8 Å². The molecule has 0 aliphatic heterocycles. The maximum absolute atomic E-state index is 12.8. The molecule has 1 N–H and O–H groups in total. The lowest BCUT2D eigenvalue weighted by Gasteiger charge is -2.27. The summed E-state index contributed by atoms with van der Waals surface area (Å²) >= 11 is 0. The molecular weight excluding hydrogens is 410 g/mol. The lowest BCUT2D eigenvalue weighted by Crippen LogP contribution is -2.37. The molecule has 0 saturated heterocycles. The van der Waals surface area contributed by atoms with Crippen LogP contribution in [0.1, 0.15) is 53.2 Å². The maximum atomic E-state index is 12.8. The van der Waals surface area contributed by atoms with Gasteiger partial charge in [0.2, 0.25) is 5.91 Å². The molecule has 1 amide bonds. The van der Waals surface area contributed by atoms with Crippen LogP contribution in [0.25, 0.3) is 0 Å². The third-order valence-electron chi connectivity index (χ3n) is 5.48. The van der Waals surface area contributed by atoms with Crippen LogP contribution in [0.2, 0.25) is 0 Å². The summed E-state index contributed by atoms with van der Waals surface area (Å²) in [5.74, 6) is -1.16. The molecule has 0 heterocycles. The number of carbonyl (C=O) groups is 3. The van der Waals surface area contributed by atoms with E-state index in [1.165, 1.54) is 19.1 Å². The molecule has 1 aliphatic carbocycles. The molecule has 7 heteroatoms. The normalized spacial score (nSPS) is 14.1. The Hall–Kier alpha value is -3.61. The molecule has 168 valence electrons. The van der Waals surface area contributed by atoms with Gasteiger partial charge in [0.05, 0.1) is 12.7 Å². The highest BCUT2D eigenvalue weighted by Gasteiger charge is 2.30. The molecule has 0 spiro atoms. The van der Waals surface area contributed by atoms with E-state index in [4.69, 9.17) is 4.74 Å². The van der Waals surface area contributed by atoms with E-state index in [1.54, 1.807) is 48.5 Å². The minimum absolute atomic E-state index is 0.243. The van der Waals surface area contributed by atoms with Crippen LogP contribution >= 0.6 is 0 Å². The molecule has 0 aromatic heterocycles. The summed E-state index contributed by atoms with van der Waals surface area (Å²) in [7, 11) is 2.86. The maximum Gasteiger partial charge on any atom is 0.337 e. The van der Waals surface area contributed by atoms with Crippen LogP contribution in [0.15, 0.2) is 60.2 Å². The van der Waals surface area contributed by atoms with Crippen molar-refractivity contribution in [2.75, 3.05) is 14.2 Å². The molecular formula is C25H27NO6. The summed E-state index contributed by atoms with van der Waals surface area (Å²) in [4.78, 5) is 37.5. The number of carbonyl (C=O) groups excluding carboxylic acids is 2. The van der Waals surface area contributed by atoms with Crippen molar-refractivity contribution in [1.82, 2.24) is 4.90 Å². The van der Waals surface area contributed by atoms with Crippen LogP contribution in [-0.4, -0.2) is 42.0 Å². The number of esters is 1. The molecule has 0 unspecified atom stereocenters. The Morgan fingerprint density at radius 2 is 1.72 bits per heavy atom. The largest absolute Gasteiger partial charge is 0.489 e. The average Bonchev–Trinajstić information content (AvgIpc) is 2.83. The Morgan fingerprint density at radius 1 is 1.03 bits per heavy atom. The lowest BCUT2D eigenvalue weighted by atomic mass is 9.97. The standard InChI is InChI=1S/C25H27NO6/c1-26(23(27)19-6-4-3-5-7-19)22(24(28)29)18-12-14-21(15-13-18)32-16-17-8-10-20(11-9-17)25(30)31-2/h6,8-15,22H,3-5,7,16H2,1-2H3,(H,28,29)/t22-/m1/s1. The number of rotatable bonds is 8. The third-order valence-corrected chi connectivity index (χ3v) is 5.48. The zero-order valence-electron chi connectivity index (χ0n) is 18.2. The monoisotopic (exact) mass is 437 g/mol. The zero-order valence-corrected chi connectivity index (χ0v) is 18.2. The third kappa shape index (κ3) is 5.55. The summed E-state index contributed by atoms with van der Waals surface area (Å²) in [5, 5.41) is 9.77.